The van der Waals surface area contributed by atoms with E-state index >= 15 is 0 Å². The number of rotatable bonds is 0. The third-order valence-corrected chi connectivity index (χ3v) is 1.15. The van der Waals surface area contributed by atoms with Gasteiger partial charge in [-0.25, -0.2) is 0 Å². The Bertz CT molecular complexity index is 118. The monoisotopic (exact) mass is 160 g/mol. The van der Waals surface area contributed by atoms with Gasteiger partial charge in [0.25, 0.3) is 0 Å². The summed E-state index contributed by atoms with van der Waals surface area (Å²) in [6, 6.07) is 0. The molecule has 0 amide bonds. The third-order valence-electron chi connectivity index (χ3n) is 0.222. The molecule has 1 aliphatic rings. The molecule has 1 saturated heterocycles. The summed E-state index contributed by atoms with van der Waals surface area (Å²) in [5.74, 6) is 0. The van der Waals surface area contributed by atoms with E-state index in [4.69, 9.17) is 0 Å². The molecule has 0 atom stereocenters. The summed E-state index contributed by atoms with van der Waals surface area (Å²) in [7, 11) is 0. The van der Waals surface area contributed by atoms with Gasteiger partial charge in [0.15, 0.2) is 0 Å². The van der Waals surface area contributed by atoms with Gasteiger partial charge in [-0.2, -0.15) is 0 Å². The van der Waals surface area contributed by atoms with Crippen molar-refractivity contribution >= 4 is 13.4 Å². The van der Waals surface area contributed by atoms with Crippen LogP contribution in [-0.2, 0) is 20.6 Å². The van der Waals surface area contributed by atoms with E-state index in [2.05, 4.69) is 13.0 Å². The van der Waals surface area contributed by atoms with E-state index in [1.165, 1.54) is 0 Å². The van der Waals surface area contributed by atoms with E-state index in [9.17, 15) is 7.67 Å². The van der Waals surface area contributed by atoms with Gasteiger partial charge in [0, 0.05) is 0 Å². The summed E-state index contributed by atoms with van der Waals surface area (Å²) in [5, 5.41) is 3.38. The Labute approximate surface area is 34.9 Å². The average Bonchev–Trinajstić information content (AvgIpc) is 1.32. The zero-order chi connectivity index (χ0) is 4.62. The molecule has 0 aliphatic carbocycles. The normalized spacial score (nSPS) is 28.7. The van der Waals surface area contributed by atoms with Crippen molar-refractivity contribution in [2.24, 2.45) is 0 Å². The summed E-state index contributed by atoms with van der Waals surface area (Å²) in [4.78, 5) is 0. The van der Waals surface area contributed by atoms with Crippen LogP contribution >= 0.6 is 0 Å². The van der Waals surface area contributed by atoms with Crippen LogP contribution in [0.4, 0.5) is 0 Å². The first-order valence-electron chi connectivity index (χ1n) is 1.00. The van der Waals surface area contributed by atoms with E-state index < -0.39 is 13.4 Å². The molecule has 0 N–H and O–H groups in total. The molecule has 0 spiro atoms. The van der Waals surface area contributed by atoms with E-state index in [0.29, 0.717) is 0 Å². The van der Waals surface area contributed by atoms with Crippen molar-refractivity contribution in [3.63, 3.8) is 0 Å². The fraction of sp³-hybridized carbons (Fsp3) is 0. The molecule has 0 saturated carbocycles. The van der Waals surface area contributed by atoms with Gasteiger partial charge >= 0.3 is 34.0 Å². The van der Waals surface area contributed by atoms with Crippen molar-refractivity contribution in [3.05, 3.63) is 0 Å². The molecule has 1 heterocycles. The predicted molar refractivity (Wildman–Crippen MR) is 10.4 cm³/mol. The number of hydrogen-bond acceptors (Lipinski definition) is 5. The molecule has 1 aliphatic heterocycles. The molecule has 1 fully saturated rings. The van der Waals surface area contributed by atoms with Crippen LogP contribution in [0.15, 0.2) is 0 Å². The summed E-state index contributed by atoms with van der Waals surface area (Å²) >= 11 is -4.32. The van der Waals surface area contributed by atoms with E-state index in [1.54, 1.807) is 0 Å². The molecule has 6 heteroatoms. The summed E-state index contributed by atoms with van der Waals surface area (Å²) < 4.78 is 26.1. The SMILES string of the molecule is O=[Se]1(=O)OOO1. The van der Waals surface area contributed by atoms with Gasteiger partial charge in [-0.3, -0.25) is 0 Å². The molecule has 0 aromatic rings. The molecule has 5 nitrogen and oxygen atoms in total. The van der Waals surface area contributed by atoms with Crippen molar-refractivity contribution in [1.82, 2.24) is 0 Å². The Hall–Kier alpha value is -0.000519. The zero-order valence-electron chi connectivity index (χ0n) is 2.45. The summed E-state index contributed by atoms with van der Waals surface area (Å²) in [6.07, 6.45) is 0. The second-order valence-corrected chi connectivity index (χ2v) is 2.90. The zero-order valence-corrected chi connectivity index (χ0v) is 4.16. The first-order valence-corrected chi connectivity index (χ1v) is 3.80. The Morgan fingerprint density at radius 2 is 1.50 bits per heavy atom. The maximum atomic E-state index is 9.59. The minimum atomic E-state index is -4.32. The quantitative estimate of drug-likeness (QED) is 0.341. The van der Waals surface area contributed by atoms with Gasteiger partial charge in [-0.1, -0.05) is 0 Å². The molecular formula is O5Se. The van der Waals surface area contributed by atoms with Gasteiger partial charge in [0.05, 0.1) is 0 Å². The molecular weight excluding hydrogens is 159 g/mol. The maximum absolute atomic E-state index is 9.59. The van der Waals surface area contributed by atoms with Crippen LogP contribution in [0.3, 0.4) is 0 Å². The molecule has 0 unspecified atom stereocenters. The fourth-order valence-electron chi connectivity index (χ4n) is 0.0731. The number of hydrogen-bond donors (Lipinski definition) is 0. The minimum absolute atomic E-state index is 3.38. The standard InChI is InChI=1S/O5Se/c1-6(2)4-3-5-6. The molecule has 0 aromatic carbocycles. The van der Waals surface area contributed by atoms with Gasteiger partial charge in [0.2, 0.25) is 0 Å². The molecule has 0 bridgehead atoms. The Kier molecular flexibility index (Phi) is 0.686. The molecule has 0 aromatic heterocycles. The van der Waals surface area contributed by atoms with Crippen molar-refractivity contribution < 1.29 is 20.6 Å². The van der Waals surface area contributed by atoms with Crippen molar-refractivity contribution in [1.29, 1.82) is 0 Å². The van der Waals surface area contributed by atoms with Crippen LogP contribution in [0.5, 0.6) is 0 Å². The van der Waals surface area contributed by atoms with E-state index in [-0.39, 0.29) is 0 Å². The summed E-state index contributed by atoms with van der Waals surface area (Å²) in [6.45, 7) is 0. The topological polar surface area (TPSA) is 61.8 Å². The van der Waals surface area contributed by atoms with Crippen LogP contribution in [0, 0.1) is 0 Å². The van der Waals surface area contributed by atoms with Crippen LogP contribution in [0.25, 0.3) is 0 Å². The van der Waals surface area contributed by atoms with Crippen LogP contribution < -0.4 is 0 Å². The molecule has 36 valence electrons. The van der Waals surface area contributed by atoms with Gasteiger partial charge in [-0.05, 0) is 0 Å². The average molecular weight is 159 g/mol. The second-order valence-electron chi connectivity index (χ2n) is 0.612. The Morgan fingerprint density at radius 1 is 1.17 bits per heavy atom. The van der Waals surface area contributed by atoms with E-state index in [1.807, 2.05) is 0 Å². The predicted octanol–water partition coefficient (Wildman–Crippen LogP) is -0.824. The Balaban J connectivity index is 2.78. The molecule has 0 radical (unpaired) electrons. The van der Waals surface area contributed by atoms with Crippen molar-refractivity contribution in [2.75, 3.05) is 0 Å². The second kappa shape index (κ2) is 0.987. The van der Waals surface area contributed by atoms with Gasteiger partial charge in [-0.15, -0.1) is 0 Å². The molecule has 6 heavy (non-hydrogen) atoms. The van der Waals surface area contributed by atoms with Gasteiger partial charge < -0.3 is 0 Å². The Morgan fingerprint density at radius 3 is 1.50 bits per heavy atom. The first kappa shape index (κ1) is 4.17. The van der Waals surface area contributed by atoms with E-state index in [0.717, 1.165) is 0 Å². The van der Waals surface area contributed by atoms with Crippen molar-refractivity contribution in [2.45, 2.75) is 0 Å². The van der Waals surface area contributed by atoms with Crippen LogP contribution in [-0.4, -0.2) is 13.4 Å². The third kappa shape index (κ3) is 0.562. The van der Waals surface area contributed by atoms with Crippen LogP contribution in [0.1, 0.15) is 0 Å². The fourth-order valence-corrected chi connectivity index (χ4v) is 0.380. The first-order chi connectivity index (χ1) is 2.71. The summed E-state index contributed by atoms with van der Waals surface area (Å²) in [5.41, 5.74) is 0. The van der Waals surface area contributed by atoms with Gasteiger partial charge in [0.1, 0.15) is 0 Å². The molecule has 1 rings (SSSR count). The van der Waals surface area contributed by atoms with Crippen LogP contribution in [0.2, 0.25) is 0 Å². The van der Waals surface area contributed by atoms with Crippen molar-refractivity contribution in [3.8, 4) is 0 Å².